The van der Waals surface area contributed by atoms with Crippen molar-refractivity contribution in [2.45, 2.75) is 31.3 Å². The molecule has 152 valence electrons. The first kappa shape index (κ1) is 21.2. The highest BCUT2D eigenvalue weighted by Crippen LogP contribution is 2.31. The number of thioether (sulfide) groups is 1. The van der Waals surface area contributed by atoms with Crippen LogP contribution in [0.1, 0.15) is 26.3 Å². The zero-order chi connectivity index (χ0) is 21.0. The molecule has 8 heteroatoms. The Balaban J connectivity index is 1.60. The molecule has 6 nitrogen and oxygen atoms in total. The number of ether oxygens (including phenoxy) is 1. The fourth-order valence-corrected chi connectivity index (χ4v) is 3.45. The molecule has 1 amide bonds. The van der Waals surface area contributed by atoms with Gasteiger partial charge in [0.1, 0.15) is 5.75 Å². The maximum atomic E-state index is 12.3. The van der Waals surface area contributed by atoms with Gasteiger partial charge in [-0.2, -0.15) is 0 Å². The highest BCUT2D eigenvalue weighted by molar-refractivity contribution is 7.99. The summed E-state index contributed by atoms with van der Waals surface area (Å²) in [7, 11) is 1.58. The predicted octanol–water partition coefficient (Wildman–Crippen LogP) is 5.16. The van der Waals surface area contributed by atoms with E-state index in [9.17, 15) is 4.79 Å². The van der Waals surface area contributed by atoms with Crippen LogP contribution in [0.15, 0.2) is 47.6 Å². The smallest absolute Gasteiger partial charge is 0.234 e. The van der Waals surface area contributed by atoms with Gasteiger partial charge in [-0.15, -0.1) is 5.10 Å². The number of carbonyl (C=O) groups excluding carboxylic acids is 1. The molecule has 0 bridgehead atoms. The maximum absolute atomic E-state index is 12.3. The monoisotopic (exact) mass is 430 g/mol. The Kier molecular flexibility index (Phi) is 6.49. The summed E-state index contributed by atoms with van der Waals surface area (Å²) in [4.78, 5) is 16.7. The number of nitrogens with zero attached hydrogens (tertiary/aromatic N) is 2. The number of amides is 1. The SMILES string of the molecule is COc1ccc(Cl)cc1-c1nc(SCC(=O)Nc2ccc(C(C)(C)C)cc2)n[nH]1. The highest BCUT2D eigenvalue weighted by atomic mass is 35.5. The summed E-state index contributed by atoms with van der Waals surface area (Å²) in [5.74, 6) is 1.25. The first-order valence-corrected chi connectivity index (χ1v) is 10.4. The zero-order valence-corrected chi connectivity index (χ0v) is 18.3. The number of carbonyl (C=O) groups is 1. The van der Waals surface area contributed by atoms with Crippen molar-refractivity contribution in [2.24, 2.45) is 0 Å². The molecule has 0 aliphatic carbocycles. The van der Waals surface area contributed by atoms with E-state index in [4.69, 9.17) is 16.3 Å². The molecular formula is C21H23ClN4O2S. The Morgan fingerprint density at radius 1 is 1.21 bits per heavy atom. The third kappa shape index (κ3) is 5.52. The molecule has 3 aromatic rings. The molecule has 0 saturated heterocycles. The van der Waals surface area contributed by atoms with Crippen molar-refractivity contribution in [3.63, 3.8) is 0 Å². The molecule has 0 fully saturated rings. The Labute approximate surface area is 179 Å². The lowest BCUT2D eigenvalue weighted by Crippen LogP contribution is -2.15. The molecule has 3 rings (SSSR count). The second-order valence-corrected chi connectivity index (χ2v) is 8.85. The van der Waals surface area contributed by atoms with Crippen molar-refractivity contribution < 1.29 is 9.53 Å². The Morgan fingerprint density at radius 3 is 2.59 bits per heavy atom. The molecule has 0 spiro atoms. The van der Waals surface area contributed by atoms with Crippen LogP contribution in [0, 0.1) is 0 Å². The van der Waals surface area contributed by atoms with E-state index in [1.807, 2.05) is 24.3 Å². The molecule has 0 aliphatic rings. The van der Waals surface area contributed by atoms with Crippen molar-refractivity contribution >= 4 is 35.0 Å². The average Bonchev–Trinajstić information content (AvgIpc) is 3.15. The number of hydrogen-bond acceptors (Lipinski definition) is 5. The number of aromatic amines is 1. The van der Waals surface area contributed by atoms with Crippen LogP contribution >= 0.6 is 23.4 Å². The number of methoxy groups -OCH3 is 1. The normalized spacial score (nSPS) is 11.3. The summed E-state index contributed by atoms with van der Waals surface area (Å²) < 4.78 is 5.34. The van der Waals surface area contributed by atoms with Crippen LogP contribution in [-0.4, -0.2) is 34.0 Å². The minimum Gasteiger partial charge on any atom is -0.496 e. The van der Waals surface area contributed by atoms with Gasteiger partial charge in [0.15, 0.2) is 5.82 Å². The first-order chi connectivity index (χ1) is 13.8. The summed E-state index contributed by atoms with van der Waals surface area (Å²) in [6, 6.07) is 13.2. The van der Waals surface area contributed by atoms with E-state index in [-0.39, 0.29) is 17.1 Å². The van der Waals surface area contributed by atoms with Crippen LogP contribution in [0.25, 0.3) is 11.4 Å². The lowest BCUT2D eigenvalue weighted by Gasteiger charge is -2.19. The zero-order valence-electron chi connectivity index (χ0n) is 16.7. The van der Waals surface area contributed by atoms with Crippen LogP contribution in [0.3, 0.4) is 0 Å². The standard InChI is InChI=1S/C21H23ClN4O2S/c1-21(2,3)13-5-8-15(9-6-13)23-18(27)12-29-20-24-19(25-26-20)16-11-14(22)7-10-17(16)28-4/h5-11H,12H2,1-4H3,(H,23,27)(H,24,25,26). The molecule has 2 N–H and O–H groups in total. The number of halogens is 1. The Hall–Kier alpha value is -2.51. The number of hydrogen-bond donors (Lipinski definition) is 2. The lowest BCUT2D eigenvalue weighted by molar-refractivity contribution is -0.113. The van der Waals surface area contributed by atoms with E-state index < -0.39 is 0 Å². The van der Waals surface area contributed by atoms with Crippen molar-refractivity contribution in [3.05, 3.63) is 53.1 Å². The number of rotatable bonds is 6. The summed E-state index contributed by atoms with van der Waals surface area (Å²) in [6.07, 6.45) is 0. The van der Waals surface area contributed by atoms with E-state index in [1.54, 1.807) is 25.3 Å². The number of H-pyrrole nitrogens is 1. The summed E-state index contributed by atoms with van der Waals surface area (Å²) in [5.41, 5.74) is 2.77. The predicted molar refractivity (Wildman–Crippen MR) is 118 cm³/mol. The molecular weight excluding hydrogens is 408 g/mol. The van der Waals surface area contributed by atoms with E-state index in [0.29, 0.717) is 27.3 Å². The van der Waals surface area contributed by atoms with Gasteiger partial charge >= 0.3 is 0 Å². The summed E-state index contributed by atoms with van der Waals surface area (Å²) in [5, 5.41) is 11.0. The molecule has 0 saturated carbocycles. The van der Waals surface area contributed by atoms with Crippen LogP contribution in [0.2, 0.25) is 5.02 Å². The van der Waals surface area contributed by atoms with Crippen LogP contribution in [0.5, 0.6) is 5.75 Å². The Morgan fingerprint density at radius 2 is 1.93 bits per heavy atom. The molecule has 2 aromatic carbocycles. The summed E-state index contributed by atoms with van der Waals surface area (Å²) >= 11 is 7.32. The van der Waals surface area contributed by atoms with E-state index >= 15 is 0 Å². The molecule has 1 heterocycles. The van der Waals surface area contributed by atoms with Crippen LogP contribution < -0.4 is 10.1 Å². The van der Waals surface area contributed by atoms with Gasteiger partial charge in [-0.3, -0.25) is 9.89 Å². The van der Waals surface area contributed by atoms with Gasteiger partial charge < -0.3 is 10.1 Å². The number of aromatic nitrogens is 3. The number of nitrogens with one attached hydrogen (secondary N) is 2. The molecule has 0 radical (unpaired) electrons. The minimum absolute atomic E-state index is 0.0768. The van der Waals surface area contributed by atoms with Gasteiger partial charge in [-0.25, -0.2) is 4.98 Å². The van der Waals surface area contributed by atoms with E-state index in [1.165, 1.54) is 17.3 Å². The van der Waals surface area contributed by atoms with Gasteiger partial charge in [-0.1, -0.05) is 56.3 Å². The van der Waals surface area contributed by atoms with Gasteiger partial charge in [0.05, 0.1) is 18.4 Å². The quantitative estimate of drug-likeness (QED) is 0.528. The van der Waals surface area contributed by atoms with Gasteiger partial charge in [0, 0.05) is 10.7 Å². The summed E-state index contributed by atoms with van der Waals surface area (Å²) in [6.45, 7) is 6.46. The third-order valence-electron chi connectivity index (χ3n) is 4.25. The molecule has 29 heavy (non-hydrogen) atoms. The highest BCUT2D eigenvalue weighted by Gasteiger charge is 2.15. The second-order valence-electron chi connectivity index (χ2n) is 7.48. The fourth-order valence-electron chi connectivity index (χ4n) is 2.68. The van der Waals surface area contributed by atoms with Gasteiger partial charge in [0.25, 0.3) is 0 Å². The molecule has 0 unspecified atom stereocenters. The number of anilines is 1. The van der Waals surface area contributed by atoms with Gasteiger partial charge in [0.2, 0.25) is 11.1 Å². The maximum Gasteiger partial charge on any atom is 0.234 e. The second kappa shape index (κ2) is 8.88. The third-order valence-corrected chi connectivity index (χ3v) is 5.33. The van der Waals surface area contributed by atoms with Crippen LogP contribution in [0.4, 0.5) is 5.69 Å². The lowest BCUT2D eigenvalue weighted by atomic mass is 9.87. The molecule has 0 aliphatic heterocycles. The van der Waals surface area contributed by atoms with Crippen molar-refractivity contribution in [1.29, 1.82) is 0 Å². The fraction of sp³-hybridized carbons (Fsp3) is 0.286. The van der Waals surface area contributed by atoms with E-state index in [2.05, 4.69) is 41.3 Å². The van der Waals surface area contributed by atoms with Crippen molar-refractivity contribution in [3.8, 4) is 17.1 Å². The van der Waals surface area contributed by atoms with E-state index in [0.717, 1.165) is 5.69 Å². The molecule has 1 aromatic heterocycles. The largest absolute Gasteiger partial charge is 0.496 e. The first-order valence-electron chi connectivity index (χ1n) is 9.06. The number of benzene rings is 2. The minimum atomic E-state index is -0.120. The van der Waals surface area contributed by atoms with Crippen molar-refractivity contribution in [1.82, 2.24) is 15.2 Å². The van der Waals surface area contributed by atoms with Crippen molar-refractivity contribution in [2.75, 3.05) is 18.2 Å². The van der Waals surface area contributed by atoms with Crippen LogP contribution in [-0.2, 0) is 10.2 Å². The molecule has 0 atom stereocenters. The Bertz CT molecular complexity index is 997. The topological polar surface area (TPSA) is 79.9 Å². The van der Waals surface area contributed by atoms with Gasteiger partial charge in [-0.05, 0) is 41.3 Å². The average molecular weight is 431 g/mol.